The van der Waals surface area contributed by atoms with Crippen LogP contribution in [0, 0.1) is 11.8 Å². The van der Waals surface area contributed by atoms with E-state index >= 15 is 0 Å². The Bertz CT molecular complexity index is 642. The summed E-state index contributed by atoms with van der Waals surface area (Å²) < 4.78 is 0. The predicted molar refractivity (Wildman–Crippen MR) is 93.3 cm³/mol. The number of likely N-dealkylation sites (tertiary alicyclic amines) is 1. The first-order chi connectivity index (χ1) is 12.0. The molecule has 2 aliphatic rings. The van der Waals surface area contributed by atoms with Gasteiger partial charge in [0, 0.05) is 30.3 Å². The minimum atomic E-state index is -0.783. The molecule has 6 heteroatoms. The number of carboxylic acid groups (broad SMARTS) is 1. The van der Waals surface area contributed by atoms with Crippen LogP contribution >= 0.6 is 0 Å². The van der Waals surface area contributed by atoms with Gasteiger partial charge in [0.1, 0.15) is 0 Å². The number of carboxylic acids is 1. The summed E-state index contributed by atoms with van der Waals surface area (Å²) in [5.74, 6) is -1.05. The zero-order valence-electron chi connectivity index (χ0n) is 14.2. The highest BCUT2D eigenvalue weighted by Gasteiger charge is 2.27. The van der Waals surface area contributed by atoms with Gasteiger partial charge in [-0.1, -0.05) is 12.8 Å². The van der Waals surface area contributed by atoms with Crippen LogP contribution in [-0.4, -0.2) is 40.9 Å². The van der Waals surface area contributed by atoms with E-state index in [1.807, 2.05) is 0 Å². The summed E-state index contributed by atoms with van der Waals surface area (Å²) in [6.45, 7) is 0.936. The number of nitrogens with zero attached hydrogens (tertiary/aromatic N) is 1. The van der Waals surface area contributed by atoms with Crippen LogP contribution in [0.1, 0.15) is 48.9 Å². The molecule has 1 aliphatic carbocycles. The Labute approximate surface area is 147 Å². The molecule has 2 amide bonds. The number of carbonyl (C=O) groups excluding carboxylic acids is 2. The zero-order valence-corrected chi connectivity index (χ0v) is 14.2. The SMILES string of the molecule is O=C(O)C1CCN(C(=O)c2ccc(NC(=O)C3CCCC3)cc2)CC1. The Morgan fingerprint density at radius 3 is 2.08 bits per heavy atom. The molecule has 1 aromatic carbocycles. The average molecular weight is 344 g/mol. The highest BCUT2D eigenvalue weighted by Crippen LogP contribution is 2.26. The molecule has 0 aromatic heterocycles. The summed E-state index contributed by atoms with van der Waals surface area (Å²) >= 11 is 0. The maximum absolute atomic E-state index is 12.5. The summed E-state index contributed by atoms with van der Waals surface area (Å²) in [5.41, 5.74) is 1.27. The van der Waals surface area contributed by atoms with Crippen LogP contribution in [0.25, 0.3) is 0 Å². The molecule has 0 atom stereocenters. The number of amides is 2. The minimum Gasteiger partial charge on any atom is -0.481 e. The second kappa shape index (κ2) is 7.68. The highest BCUT2D eigenvalue weighted by molar-refractivity contribution is 5.96. The molecular weight excluding hydrogens is 320 g/mol. The number of nitrogens with one attached hydrogen (secondary N) is 1. The van der Waals surface area contributed by atoms with Crippen molar-refractivity contribution in [2.45, 2.75) is 38.5 Å². The predicted octanol–water partition coefficient (Wildman–Crippen LogP) is 2.75. The molecule has 134 valence electrons. The van der Waals surface area contributed by atoms with Crippen molar-refractivity contribution < 1.29 is 19.5 Å². The number of aliphatic carboxylic acids is 1. The second-order valence-corrected chi connectivity index (χ2v) is 6.95. The Morgan fingerprint density at radius 1 is 0.920 bits per heavy atom. The van der Waals surface area contributed by atoms with Gasteiger partial charge in [0.2, 0.25) is 5.91 Å². The van der Waals surface area contributed by atoms with Crippen molar-refractivity contribution in [2.24, 2.45) is 11.8 Å². The lowest BCUT2D eigenvalue weighted by Gasteiger charge is -2.30. The molecule has 2 N–H and O–H groups in total. The average Bonchev–Trinajstić information content (AvgIpc) is 3.17. The zero-order chi connectivity index (χ0) is 17.8. The van der Waals surface area contributed by atoms with Crippen LogP contribution in [0.5, 0.6) is 0 Å². The van der Waals surface area contributed by atoms with Crippen LogP contribution in [0.3, 0.4) is 0 Å². The quantitative estimate of drug-likeness (QED) is 0.879. The number of hydrogen-bond donors (Lipinski definition) is 2. The van der Waals surface area contributed by atoms with E-state index in [0.29, 0.717) is 37.2 Å². The van der Waals surface area contributed by atoms with E-state index in [4.69, 9.17) is 5.11 Å². The van der Waals surface area contributed by atoms with Gasteiger partial charge in [-0.15, -0.1) is 0 Å². The molecule has 3 rings (SSSR count). The fourth-order valence-corrected chi connectivity index (χ4v) is 3.64. The van der Waals surface area contributed by atoms with Crippen molar-refractivity contribution in [3.8, 4) is 0 Å². The van der Waals surface area contributed by atoms with Crippen LogP contribution in [-0.2, 0) is 9.59 Å². The molecule has 0 radical (unpaired) electrons. The van der Waals surface area contributed by atoms with Crippen molar-refractivity contribution in [3.63, 3.8) is 0 Å². The van der Waals surface area contributed by atoms with E-state index in [2.05, 4.69) is 5.32 Å². The van der Waals surface area contributed by atoms with Gasteiger partial charge in [-0.2, -0.15) is 0 Å². The fraction of sp³-hybridized carbons (Fsp3) is 0.526. The fourth-order valence-electron chi connectivity index (χ4n) is 3.64. The lowest BCUT2D eigenvalue weighted by molar-refractivity contribution is -0.143. The first-order valence-electron chi connectivity index (χ1n) is 8.97. The molecule has 25 heavy (non-hydrogen) atoms. The Kier molecular flexibility index (Phi) is 5.36. The summed E-state index contributed by atoms with van der Waals surface area (Å²) in [4.78, 5) is 37.3. The topological polar surface area (TPSA) is 86.7 Å². The number of anilines is 1. The molecule has 1 aromatic rings. The van der Waals surface area contributed by atoms with Crippen LogP contribution in [0.4, 0.5) is 5.69 Å². The van der Waals surface area contributed by atoms with Gasteiger partial charge in [0.15, 0.2) is 0 Å². The Hall–Kier alpha value is -2.37. The minimum absolute atomic E-state index is 0.0623. The Balaban J connectivity index is 1.55. The molecule has 6 nitrogen and oxygen atoms in total. The van der Waals surface area contributed by atoms with Crippen molar-refractivity contribution >= 4 is 23.5 Å². The maximum Gasteiger partial charge on any atom is 0.306 e. The van der Waals surface area contributed by atoms with Gasteiger partial charge in [0.25, 0.3) is 5.91 Å². The molecule has 0 spiro atoms. The third kappa shape index (κ3) is 4.18. The number of hydrogen-bond acceptors (Lipinski definition) is 3. The normalized spacial score (nSPS) is 19.0. The van der Waals surface area contributed by atoms with E-state index in [-0.39, 0.29) is 23.7 Å². The first-order valence-corrected chi connectivity index (χ1v) is 8.97. The van der Waals surface area contributed by atoms with Crippen molar-refractivity contribution in [1.82, 2.24) is 4.90 Å². The second-order valence-electron chi connectivity index (χ2n) is 6.95. The largest absolute Gasteiger partial charge is 0.481 e. The van der Waals surface area contributed by atoms with E-state index < -0.39 is 5.97 Å². The third-order valence-electron chi connectivity index (χ3n) is 5.26. The van der Waals surface area contributed by atoms with Gasteiger partial charge in [0.05, 0.1) is 5.92 Å². The summed E-state index contributed by atoms with van der Waals surface area (Å²) in [6.07, 6.45) is 5.13. The summed E-state index contributed by atoms with van der Waals surface area (Å²) in [7, 11) is 0. The van der Waals surface area contributed by atoms with E-state index in [1.54, 1.807) is 29.2 Å². The van der Waals surface area contributed by atoms with Crippen LogP contribution in [0.15, 0.2) is 24.3 Å². The molecule has 1 saturated carbocycles. The van der Waals surface area contributed by atoms with Gasteiger partial charge >= 0.3 is 5.97 Å². The lowest BCUT2D eigenvalue weighted by Crippen LogP contribution is -2.40. The molecule has 1 heterocycles. The molecular formula is C19H24N2O4. The number of piperidine rings is 1. The molecule has 0 bridgehead atoms. The van der Waals surface area contributed by atoms with Crippen LogP contribution < -0.4 is 5.32 Å². The molecule has 1 aliphatic heterocycles. The van der Waals surface area contributed by atoms with Gasteiger partial charge in [-0.25, -0.2) is 0 Å². The van der Waals surface area contributed by atoms with E-state index in [0.717, 1.165) is 25.7 Å². The van der Waals surface area contributed by atoms with Gasteiger partial charge in [-0.3, -0.25) is 14.4 Å². The van der Waals surface area contributed by atoms with Crippen molar-refractivity contribution in [3.05, 3.63) is 29.8 Å². The molecule has 0 unspecified atom stereocenters. The van der Waals surface area contributed by atoms with Gasteiger partial charge < -0.3 is 15.3 Å². The van der Waals surface area contributed by atoms with Gasteiger partial charge in [-0.05, 0) is 49.9 Å². The smallest absolute Gasteiger partial charge is 0.306 e. The standard InChI is InChI=1S/C19H24N2O4/c22-17(13-3-1-2-4-13)20-16-7-5-14(6-8-16)18(23)21-11-9-15(10-12-21)19(24)25/h5-8,13,15H,1-4,9-12H2,(H,20,22)(H,24,25). The first kappa shape index (κ1) is 17.5. The summed E-state index contributed by atoms with van der Waals surface area (Å²) in [6, 6.07) is 6.94. The molecule has 1 saturated heterocycles. The monoisotopic (exact) mass is 344 g/mol. The molecule has 2 fully saturated rings. The number of carbonyl (C=O) groups is 3. The van der Waals surface area contributed by atoms with Crippen molar-refractivity contribution in [1.29, 1.82) is 0 Å². The lowest BCUT2D eigenvalue weighted by atomic mass is 9.96. The summed E-state index contributed by atoms with van der Waals surface area (Å²) in [5, 5.41) is 11.9. The number of benzene rings is 1. The Morgan fingerprint density at radius 2 is 1.52 bits per heavy atom. The highest BCUT2D eigenvalue weighted by atomic mass is 16.4. The third-order valence-corrected chi connectivity index (χ3v) is 5.26. The number of rotatable bonds is 4. The maximum atomic E-state index is 12.5. The van der Waals surface area contributed by atoms with Crippen LogP contribution in [0.2, 0.25) is 0 Å². The van der Waals surface area contributed by atoms with E-state index in [1.165, 1.54) is 0 Å². The van der Waals surface area contributed by atoms with E-state index in [9.17, 15) is 14.4 Å². The van der Waals surface area contributed by atoms with Crippen molar-refractivity contribution in [2.75, 3.05) is 18.4 Å².